The highest BCUT2D eigenvalue weighted by atomic mass is 32.2. The number of imide groups is 1. The van der Waals surface area contributed by atoms with Crippen molar-refractivity contribution >= 4 is 22.9 Å². The van der Waals surface area contributed by atoms with Crippen molar-refractivity contribution in [2.24, 2.45) is 0 Å². The second-order valence-corrected chi connectivity index (χ2v) is 4.12. The first-order valence-electron chi connectivity index (χ1n) is 4.16. The van der Waals surface area contributed by atoms with Gasteiger partial charge in [0.15, 0.2) is 0 Å². The van der Waals surface area contributed by atoms with Crippen LogP contribution in [-0.4, -0.2) is 21.4 Å². The standard InChI is InChI=1S/C9H8N2O2S/c12-8-7(14-9(13)11-8)5-6-1-3-10-4-2-6/h1-4,7H,5H2,(H,11,12,13)/t7-/m0/s1. The Morgan fingerprint density at radius 2 is 2.07 bits per heavy atom. The van der Waals surface area contributed by atoms with Gasteiger partial charge in [0.1, 0.15) is 0 Å². The number of thioether (sulfide) groups is 1. The summed E-state index contributed by atoms with van der Waals surface area (Å²) < 4.78 is 0. The van der Waals surface area contributed by atoms with Crippen molar-refractivity contribution in [2.75, 3.05) is 0 Å². The molecule has 0 spiro atoms. The maximum Gasteiger partial charge on any atom is 0.286 e. The largest absolute Gasteiger partial charge is 0.286 e. The van der Waals surface area contributed by atoms with Gasteiger partial charge in [-0.1, -0.05) is 11.8 Å². The fraction of sp³-hybridized carbons (Fsp3) is 0.222. The van der Waals surface area contributed by atoms with Gasteiger partial charge in [-0.25, -0.2) is 0 Å². The summed E-state index contributed by atoms with van der Waals surface area (Å²) >= 11 is 1.05. The maximum atomic E-state index is 11.2. The normalized spacial score (nSPS) is 21.0. The van der Waals surface area contributed by atoms with E-state index in [0.29, 0.717) is 6.42 Å². The lowest BCUT2D eigenvalue weighted by molar-refractivity contribution is -0.118. The van der Waals surface area contributed by atoms with E-state index in [4.69, 9.17) is 0 Å². The van der Waals surface area contributed by atoms with E-state index >= 15 is 0 Å². The summed E-state index contributed by atoms with van der Waals surface area (Å²) in [5.41, 5.74) is 1.02. The summed E-state index contributed by atoms with van der Waals surface area (Å²) in [6.07, 6.45) is 3.92. The number of nitrogens with zero attached hydrogens (tertiary/aromatic N) is 1. The molecule has 1 aliphatic heterocycles. The van der Waals surface area contributed by atoms with Crippen LogP contribution in [0.4, 0.5) is 4.79 Å². The molecule has 2 rings (SSSR count). The molecule has 1 N–H and O–H groups in total. The number of rotatable bonds is 2. The second kappa shape index (κ2) is 3.79. The Balaban J connectivity index is 2.05. The number of hydrogen-bond donors (Lipinski definition) is 1. The minimum absolute atomic E-state index is 0.197. The molecule has 1 aliphatic rings. The molecule has 2 amide bonds. The van der Waals surface area contributed by atoms with E-state index in [1.165, 1.54) is 0 Å². The van der Waals surface area contributed by atoms with Crippen molar-refractivity contribution in [1.82, 2.24) is 10.3 Å². The molecular formula is C9H8N2O2S. The Hall–Kier alpha value is -1.36. The number of amides is 2. The van der Waals surface area contributed by atoms with Crippen LogP contribution in [0.2, 0.25) is 0 Å². The van der Waals surface area contributed by atoms with E-state index in [-0.39, 0.29) is 16.4 Å². The van der Waals surface area contributed by atoms with Crippen LogP contribution in [0, 0.1) is 0 Å². The van der Waals surface area contributed by atoms with Crippen LogP contribution in [0.15, 0.2) is 24.5 Å². The highest BCUT2D eigenvalue weighted by molar-refractivity contribution is 8.15. The molecule has 72 valence electrons. The van der Waals surface area contributed by atoms with Crippen molar-refractivity contribution in [3.8, 4) is 0 Å². The average Bonchev–Trinajstić information content (AvgIpc) is 2.47. The van der Waals surface area contributed by atoms with Gasteiger partial charge in [0.25, 0.3) is 5.24 Å². The lowest BCUT2D eigenvalue weighted by atomic mass is 10.1. The number of nitrogens with one attached hydrogen (secondary N) is 1. The van der Waals surface area contributed by atoms with Gasteiger partial charge >= 0.3 is 0 Å². The summed E-state index contributed by atoms with van der Waals surface area (Å²) in [6.45, 7) is 0. The Labute approximate surface area is 85.1 Å². The van der Waals surface area contributed by atoms with Gasteiger partial charge in [-0.05, 0) is 24.1 Å². The SMILES string of the molecule is O=C1NC(=O)[C@H](Cc2ccncc2)S1. The van der Waals surface area contributed by atoms with E-state index in [0.717, 1.165) is 17.3 Å². The number of pyridine rings is 1. The molecule has 0 radical (unpaired) electrons. The van der Waals surface area contributed by atoms with Crippen LogP contribution in [-0.2, 0) is 11.2 Å². The maximum absolute atomic E-state index is 11.2. The zero-order valence-corrected chi connectivity index (χ0v) is 8.08. The number of hydrogen-bond acceptors (Lipinski definition) is 4. The Morgan fingerprint density at radius 1 is 1.36 bits per heavy atom. The first-order chi connectivity index (χ1) is 6.75. The smallest absolute Gasteiger partial charge is 0.286 e. The third kappa shape index (κ3) is 1.93. The Morgan fingerprint density at radius 3 is 2.64 bits per heavy atom. The monoisotopic (exact) mass is 208 g/mol. The molecule has 0 aliphatic carbocycles. The summed E-state index contributed by atoms with van der Waals surface area (Å²) in [7, 11) is 0. The molecule has 2 heterocycles. The minimum atomic E-state index is -0.287. The zero-order chi connectivity index (χ0) is 9.97. The lowest BCUT2D eigenvalue weighted by Crippen LogP contribution is -2.25. The molecule has 14 heavy (non-hydrogen) atoms. The quantitative estimate of drug-likeness (QED) is 0.787. The molecule has 1 fully saturated rings. The van der Waals surface area contributed by atoms with E-state index in [1.807, 2.05) is 12.1 Å². The molecular weight excluding hydrogens is 200 g/mol. The number of carbonyl (C=O) groups is 2. The van der Waals surface area contributed by atoms with Crippen molar-refractivity contribution in [3.63, 3.8) is 0 Å². The third-order valence-corrected chi connectivity index (χ3v) is 2.92. The summed E-state index contributed by atoms with van der Waals surface area (Å²) in [5, 5.41) is 1.71. The number of carbonyl (C=O) groups excluding carboxylic acids is 2. The molecule has 1 saturated heterocycles. The molecule has 1 atom stereocenters. The van der Waals surface area contributed by atoms with Crippen LogP contribution in [0.5, 0.6) is 0 Å². The first kappa shape index (κ1) is 9.21. The van der Waals surface area contributed by atoms with Crippen LogP contribution in [0.3, 0.4) is 0 Å². The molecule has 0 bridgehead atoms. The predicted molar refractivity (Wildman–Crippen MR) is 52.9 cm³/mol. The fourth-order valence-electron chi connectivity index (χ4n) is 1.26. The first-order valence-corrected chi connectivity index (χ1v) is 5.04. The summed E-state index contributed by atoms with van der Waals surface area (Å²) in [4.78, 5) is 26.0. The van der Waals surface area contributed by atoms with Crippen molar-refractivity contribution in [2.45, 2.75) is 11.7 Å². The van der Waals surface area contributed by atoms with Gasteiger partial charge in [0.2, 0.25) is 5.91 Å². The van der Waals surface area contributed by atoms with Gasteiger partial charge in [-0.15, -0.1) is 0 Å². The van der Waals surface area contributed by atoms with Crippen molar-refractivity contribution < 1.29 is 9.59 Å². The highest BCUT2D eigenvalue weighted by Crippen LogP contribution is 2.22. The number of aromatic nitrogens is 1. The van der Waals surface area contributed by atoms with Gasteiger partial charge in [0, 0.05) is 12.4 Å². The molecule has 4 nitrogen and oxygen atoms in total. The predicted octanol–water partition coefficient (Wildman–Crippen LogP) is 0.976. The molecule has 0 aromatic carbocycles. The van der Waals surface area contributed by atoms with E-state index in [1.54, 1.807) is 12.4 Å². The Kier molecular flexibility index (Phi) is 2.49. The van der Waals surface area contributed by atoms with Gasteiger partial charge in [0.05, 0.1) is 5.25 Å². The van der Waals surface area contributed by atoms with Gasteiger partial charge < -0.3 is 0 Å². The van der Waals surface area contributed by atoms with Crippen molar-refractivity contribution in [3.05, 3.63) is 30.1 Å². The molecule has 5 heteroatoms. The third-order valence-electron chi connectivity index (χ3n) is 1.94. The van der Waals surface area contributed by atoms with Crippen LogP contribution < -0.4 is 5.32 Å². The van der Waals surface area contributed by atoms with Crippen LogP contribution >= 0.6 is 11.8 Å². The fourth-order valence-corrected chi connectivity index (χ4v) is 2.12. The molecule has 0 saturated carbocycles. The average molecular weight is 208 g/mol. The Bertz CT molecular complexity index is 366. The second-order valence-electron chi connectivity index (χ2n) is 2.94. The summed E-state index contributed by atoms with van der Waals surface area (Å²) in [6, 6.07) is 3.69. The van der Waals surface area contributed by atoms with Gasteiger partial charge in [-0.3, -0.25) is 19.9 Å². The highest BCUT2D eigenvalue weighted by Gasteiger charge is 2.31. The van der Waals surface area contributed by atoms with E-state index < -0.39 is 0 Å². The van der Waals surface area contributed by atoms with Gasteiger partial charge in [-0.2, -0.15) is 0 Å². The lowest BCUT2D eigenvalue weighted by Gasteiger charge is -2.03. The minimum Gasteiger partial charge on any atom is -0.286 e. The molecule has 1 aromatic rings. The topological polar surface area (TPSA) is 59.1 Å². The van der Waals surface area contributed by atoms with Crippen LogP contribution in [0.1, 0.15) is 5.56 Å². The molecule has 0 unspecified atom stereocenters. The van der Waals surface area contributed by atoms with Crippen molar-refractivity contribution in [1.29, 1.82) is 0 Å². The summed E-state index contributed by atoms with van der Waals surface area (Å²) in [5.74, 6) is -0.197. The van der Waals surface area contributed by atoms with Crippen LogP contribution in [0.25, 0.3) is 0 Å². The van der Waals surface area contributed by atoms with E-state index in [2.05, 4.69) is 10.3 Å². The molecule has 1 aromatic heterocycles. The van der Waals surface area contributed by atoms with E-state index in [9.17, 15) is 9.59 Å². The zero-order valence-electron chi connectivity index (χ0n) is 7.27.